The average Bonchev–Trinajstić information content (AvgIpc) is 3.56. The van der Waals surface area contributed by atoms with Gasteiger partial charge in [0.1, 0.15) is 22.5 Å². The second-order valence-corrected chi connectivity index (χ2v) is 12.6. The van der Waals surface area contributed by atoms with Crippen LogP contribution in [0.25, 0.3) is 33.3 Å². The number of benzene rings is 4. The van der Waals surface area contributed by atoms with Crippen molar-refractivity contribution in [1.82, 2.24) is 8.75 Å². The number of pyridine rings is 1. The van der Waals surface area contributed by atoms with Crippen molar-refractivity contribution in [3.63, 3.8) is 0 Å². The van der Waals surface area contributed by atoms with Gasteiger partial charge in [0.25, 0.3) is 0 Å². The molecule has 244 valence electrons. The fourth-order valence-corrected chi connectivity index (χ4v) is 6.12. The van der Waals surface area contributed by atoms with E-state index in [9.17, 15) is 0 Å². The van der Waals surface area contributed by atoms with Gasteiger partial charge in [-0.1, -0.05) is 24.3 Å². The number of hydrogen-bond donors (Lipinski definition) is 0. The highest BCUT2D eigenvalue weighted by atomic mass is 79.9. The molecule has 0 atom stereocenters. The molecule has 0 saturated carbocycles. The van der Waals surface area contributed by atoms with Gasteiger partial charge in [-0.3, -0.25) is 0 Å². The maximum absolute atomic E-state index is 5.40. The summed E-state index contributed by atoms with van der Waals surface area (Å²) in [5.41, 5.74) is 9.36. The van der Waals surface area contributed by atoms with E-state index in [1.165, 1.54) is 11.7 Å². The molecule has 0 fully saturated rings. The summed E-state index contributed by atoms with van der Waals surface area (Å²) in [5.74, 6) is 1.64. The van der Waals surface area contributed by atoms with E-state index in [1.807, 2.05) is 24.3 Å². The Bertz CT molecular complexity index is 1830. The van der Waals surface area contributed by atoms with E-state index in [-0.39, 0.29) is 34.0 Å². The number of hydrogen-bond acceptors (Lipinski definition) is 6. The van der Waals surface area contributed by atoms with Crippen molar-refractivity contribution >= 4 is 39.8 Å². The number of quaternary nitrogens is 1. The largest absolute Gasteiger partial charge is 1.00 e. The molecule has 2 heterocycles. The fraction of sp³-hybridized carbons (Fsp3) is 0.216. The van der Waals surface area contributed by atoms with E-state index in [2.05, 4.69) is 116 Å². The molecule has 0 N–H and O–H groups in total. The number of fused-ring (bicyclic) bond motifs is 1. The van der Waals surface area contributed by atoms with Crippen molar-refractivity contribution < 1.29 is 52.5 Å². The Morgan fingerprint density at radius 2 is 1.04 bits per heavy atom. The SMILES string of the molecule is COc1ccc(N(c2ccc(OC)cc2)c2ccc(-c3ccc(-c4cc[n+](CCC[N+](C)(C)C)cc4)c4nsnc34)cc2)cc1.[Br-].[Br-]. The van der Waals surface area contributed by atoms with E-state index < -0.39 is 0 Å². The predicted molar refractivity (Wildman–Crippen MR) is 184 cm³/mol. The van der Waals surface area contributed by atoms with Gasteiger partial charge in [-0.05, 0) is 71.8 Å². The van der Waals surface area contributed by atoms with Gasteiger partial charge in [0.15, 0.2) is 18.9 Å². The molecular weight excluding hydrogens is 738 g/mol. The summed E-state index contributed by atoms with van der Waals surface area (Å²) >= 11 is 1.26. The minimum Gasteiger partial charge on any atom is -1.00 e. The van der Waals surface area contributed by atoms with Crippen LogP contribution in [0.1, 0.15) is 6.42 Å². The fourth-order valence-electron chi connectivity index (χ4n) is 5.55. The first-order valence-electron chi connectivity index (χ1n) is 15.1. The van der Waals surface area contributed by atoms with Gasteiger partial charge in [-0.15, -0.1) is 0 Å². The van der Waals surface area contributed by atoms with Gasteiger partial charge in [0, 0.05) is 40.3 Å². The van der Waals surface area contributed by atoms with E-state index >= 15 is 0 Å². The highest BCUT2D eigenvalue weighted by Gasteiger charge is 2.17. The second-order valence-electron chi connectivity index (χ2n) is 12.1. The molecule has 6 aromatic rings. The van der Waals surface area contributed by atoms with Crippen LogP contribution < -0.4 is 52.9 Å². The van der Waals surface area contributed by atoms with E-state index in [1.54, 1.807) is 14.2 Å². The molecule has 6 rings (SSSR count). The van der Waals surface area contributed by atoms with E-state index in [4.69, 9.17) is 18.2 Å². The Morgan fingerprint density at radius 3 is 1.47 bits per heavy atom. The van der Waals surface area contributed by atoms with Crippen molar-refractivity contribution in [2.24, 2.45) is 0 Å². The number of aryl methyl sites for hydroxylation is 1. The normalized spacial score (nSPS) is 11.0. The smallest absolute Gasteiger partial charge is 0.169 e. The lowest BCUT2D eigenvalue weighted by Crippen LogP contribution is -3.00. The van der Waals surface area contributed by atoms with Crippen molar-refractivity contribution in [2.75, 3.05) is 46.8 Å². The molecule has 2 aromatic heterocycles. The summed E-state index contributed by atoms with van der Waals surface area (Å²) in [4.78, 5) is 2.22. The Kier molecular flexibility index (Phi) is 12.1. The van der Waals surface area contributed by atoms with Crippen molar-refractivity contribution in [1.29, 1.82) is 0 Å². The third-order valence-electron chi connectivity index (χ3n) is 7.96. The van der Waals surface area contributed by atoms with Gasteiger partial charge in [-0.25, -0.2) is 4.57 Å². The van der Waals surface area contributed by atoms with Crippen molar-refractivity contribution in [2.45, 2.75) is 13.0 Å². The lowest BCUT2D eigenvalue weighted by Gasteiger charge is -2.26. The summed E-state index contributed by atoms with van der Waals surface area (Å²) in [6.07, 6.45) is 5.47. The summed E-state index contributed by atoms with van der Waals surface area (Å²) < 4.78 is 23.5. The highest BCUT2D eigenvalue weighted by Crippen LogP contribution is 2.39. The third-order valence-corrected chi connectivity index (χ3v) is 8.49. The number of halogens is 2. The van der Waals surface area contributed by atoms with Crippen LogP contribution in [0, 0.1) is 0 Å². The van der Waals surface area contributed by atoms with Crippen LogP contribution in [-0.4, -0.2) is 55.1 Å². The van der Waals surface area contributed by atoms with Crippen LogP contribution in [-0.2, 0) is 6.54 Å². The second kappa shape index (κ2) is 15.8. The van der Waals surface area contributed by atoms with Gasteiger partial charge in [-0.2, -0.15) is 8.75 Å². The molecule has 0 aliphatic carbocycles. The standard InChI is InChI=1S/C37H39N5O2S.2BrH/c1-42(2,3)26-6-23-40-24-21-28(22-25-40)35-20-19-34(36-37(35)39-45-38-36)27-7-9-29(10-8-27)41(30-11-15-32(43-4)16-12-30)31-13-17-33(44-5)18-14-31;;/h7-22,24-25H,6,23,26H2,1-5H3;2*1H/q+2;;/p-2. The van der Waals surface area contributed by atoms with Crippen LogP contribution in [0.4, 0.5) is 17.1 Å². The lowest BCUT2D eigenvalue weighted by molar-refractivity contribution is -0.873. The van der Waals surface area contributed by atoms with Crippen LogP contribution in [0.5, 0.6) is 11.5 Å². The number of anilines is 3. The molecule has 0 bridgehead atoms. The number of methoxy groups -OCH3 is 2. The zero-order valence-electron chi connectivity index (χ0n) is 27.2. The number of rotatable bonds is 11. The maximum atomic E-state index is 5.40. The van der Waals surface area contributed by atoms with Crippen molar-refractivity contribution in [3.8, 4) is 33.8 Å². The molecule has 0 amide bonds. The van der Waals surface area contributed by atoms with E-state index in [0.29, 0.717) is 0 Å². The molecule has 0 aliphatic heterocycles. The van der Waals surface area contributed by atoms with Gasteiger partial charge >= 0.3 is 0 Å². The minimum absolute atomic E-state index is 0. The van der Waals surface area contributed by atoms with Crippen molar-refractivity contribution in [3.05, 3.63) is 109 Å². The molecule has 0 aliphatic rings. The maximum Gasteiger partial charge on any atom is 0.169 e. The van der Waals surface area contributed by atoms with Gasteiger partial charge < -0.3 is 52.8 Å². The summed E-state index contributed by atoms with van der Waals surface area (Å²) in [7, 11) is 10.1. The molecule has 0 unspecified atom stereocenters. The zero-order valence-corrected chi connectivity index (χ0v) is 31.2. The van der Waals surface area contributed by atoms with Gasteiger partial charge in [0.05, 0.1) is 60.1 Å². The zero-order chi connectivity index (χ0) is 31.4. The Morgan fingerprint density at radius 1 is 0.617 bits per heavy atom. The number of aromatic nitrogens is 3. The van der Waals surface area contributed by atoms with Gasteiger partial charge in [0.2, 0.25) is 0 Å². The Hall–Kier alpha value is -3.83. The monoisotopic (exact) mass is 775 g/mol. The first-order chi connectivity index (χ1) is 21.8. The summed E-state index contributed by atoms with van der Waals surface area (Å²) in [6, 6.07) is 33.5. The quantitative estimate of drug-likeness (QED) is 0.149. The van der Waals surface area contributed by atoms with Crippen LogP contribution in [0.15, 0.2) is 109 Å². The average molecular weight is 778 g/mol. The molecule has 0 radical (unpaired) electrons. The highest BCUT2D eigenvalue weighted by molar-refractivity contribution is 7.00. The lowest BCUT2D eigenvalue weighted by atomic mass is 9.98. The molecule has 0 saturated heterocycles. The minimum atomic E-state index is 0. The molecule has 4 aromatic carbocycles. The topological polar surface area (TPSA) is 51.4 Å². The summed E-state index contributed by atoms with van der Waals surface area (Å²) in [6.45, 7) is 2.15. The molecule has 47 heavy (non-hydrogen) atoms. The number of nitrogens with zero attached hydrogens (tertiary/aromatic N) is 5. The molecular formula is C37H39Br2N5O2S. The predicted octanol–water partition coefficient (Wildman–Crippen LogP) is 1.90. The third kappa shape index (κ3) is 8.37. The van der Waals surface area contributed by atoms with Crippen LogP contribution in [0.2, 0.25) is 0 Å². The first kappa shape index (κ1) is 36.0. The molecule has 0 spiro atoms. The first-order valence-corrected chi connectivity index (χ1v) is 15.8. The Balaban J connectivity index is 0.00000250. The molecule has 10 heteroatoms. The van der Waals surface area contributed by atoms with Crippen LogP contribution >= 0.6 is 11.7 Å². The van der Waals surface area contributed by atoms with E-state index in [0.717, 1.165) is 85.8 Å². The number of ether oxygens (including phenoxy) is 2. The molecule has 7 nitrogen and oxygen atoms in total. The Labute approximate surface area is 302 Å². The summed E-state index contributed by atoms with van der Waals surface area (Å²) in [5, 5.41) is 0. The van der Waals surface area contributed by atoms with Crippen LogP contribution in [0.3, 0.4) is 0 Å².